The van der Waals surface area contributed by atoms with Crippen LogP contribution in [0.4, 0.5) is 18.9 Å². The number of hydrogen-bond donors (Lipinski definition) is 3. The Morgan fingerprint density at radius 2 is 1.82 bits per heavy atom. The van der Waals surface area contributed by atoms with Gasteiger partial charge in [0.05, 0.1) is 35.1 Å². The van der Waals surface area contributed by atoms with Crippen molar-refractivity contribution in [3.05, 3.63) is 128 Å². The minimum atomic E-state index is -4.66. The molecule has 6 rings (SSSR count). The van der Waals surface area contributed by atoms with Gasteiger partial charge in [-0.25, -0.2) is 4.99 Å². The molecule has 2 aliphatic heterocycles. The second-order valence-corrected chi connectivity index (χ2v) is 13.1. The van der Waals surface area contributed by atoms with Gasteiger partial charge in [-0.05, 0) is 67.4 Å². The monoisotopic (exact) mass is 766 g/mol. The van der Waals surface area contributed by atoms with Gasteiger partial charge in [0.1, 0.15) is 0 Å². The van der Waals surface area contributed by atoms with Crippen LogP contribution in [0.25, 0.3) is 11.3 Å². The minimum absolute atomic E-state index is 0.0233. The lowest BCUT2D eigenvalue weighted by Crippen LogP contribution is -2.58. The number of rotatable bonds is 6. The number of aliphatic hydroxyl groups excluding tert-OH is 1. The zero-order valence-electron chi connectivity index (χ0n) is 26.8. The maximum atomic E-state index is 13.7. The summed E-state index contributed by atoms with van der Waals surface area (Å²) in [4.78, 5) is 38.4. The Morgan fingerprint density at radius 1 is 1.08 bits per heavy atom. The van der Waals surface area contributed by atoms with Crippen molar-refractivity contribution in [2.45, 2.75) is 38.3 Å². The molecule has 1 aromatic heterocycles. The number of alkyl halides is 3. The third kappa shape index (κ3) is 6.98. The number of aliphatic imine (C=N–C) groups is 1. The molecule has 0 saturated heterocycles. The molecule has 14 heteroatoms. The van der Waals surface area contributed by atoms with Crippen LogP contribution in [0.5, 0.6) is 0 Å². The SMILES string of the molecule is CNC(=O)c1ccc(N2C(=NCc3ccccc3-c3ccccn3)NC3=C(C[C@@H](C)N(C(=O)c4ccc(Br)c(C(F)(F)F)c4)C3)C2O)c(Cl)c1. The number of halogens is 5. The maximum Gasteiger partial charge on any atom is 0.417 e. The normalized spacial score (nSPS) is 18.5. The molecule has 0 radical (unpaired) electrons. The molecule has 0 bridgehead atoms. The van der Waals surface area contributed by atoms with Crippen molar-refractivity contribution in [1.29, 1.82) is 0 Å². The fourth-order valence-corrected chi connectivity index (χ4v) is 6.82. The summed E-state index contributed by atoms with van der Waals surface area (Å²) < 4.78 is 40.8. The van der Waals surface area contributed by atoms with Crippen LogP contribution >= 0.6 is 27.5 Å². The molecular weight excluding hydrogens is 737 g/mol. The average Bonchev–Trinajstić information content (AvgIpc) is 3.10. The van der Waals surface area contributed by atoms with Crippen LogP contribution in [0.15, 0.2) is 106 Å². The van der Waals surface area contributed by atoms with E-state index in [0.717, 1.165) is 22.9 Å². The first-order valence-corrected chi connectivity index (χ1v) is 16.7. The number of nitrogens with one attached hydrogen (secondary N) is 2. The Bertz CT molecular complexity index is 2020. The van der Waals surface area contributed by atoms with Crippen molar-refractivity contribution in [2.24, 2.45) is 4.99 Å². The van der Waals surface area contributed by atoms with E-state index in [1.165, 1.54) is 35.0 Å². The number of carbonyl (C=O) groups is 2. The van der Waals surface area contributed by atoms with Crippen molar-refractivity contribution in [3.8, 4) is 11.3 Å². The largest absolute Gasteiger partial charge is 0.417 e. The van der Waals surface area contributed by atoms with Gasteiger partial charge in [0.25, 0.3) is 11.8 Å². The number of anilines is 1. The van der Waals surface area contributed by atoms with E-state index in [-0.39, 0.29) is 46.4 Å². The van der Waals surface area contributed by atoms with E-state index >= 15 is 0 Å². The van der Waals surface area contributed by atoms with Crippen LogP contribution in [0.3, 0.4) is 0 Å². The molecule has 3 aromatic carbocycles. The standard InChI is InChI=1S/C36H31BrClF3N6O3/c1-20-15-25-30(19-46(20)33(49)22-10-12-27(37)26(16-22)36(39,40)41)45-35(44-18-23-7-3-4-8-24(23)29-9-5-6-14-43-29)47(34(25)50)31-13-11-21(17-28(31)38)32(48)42-2/h3-14,16-17,20,34,50H,15,18-19H2,1-2H3,(H,42,48)(H,44,45)/t20-,34?/m1/s1. The molecule has 3 heterocycles. The highest BCUT2D eigenvalue weighted by Crippen LogP contribution is 2.38. The molecule has 0 fully saturated rings. The quantitative estimate of drug-likeness (QED) is 0.195. The van der Waals surface area contributed by atoms with Gasteiger partial charge in [-0.2, -0.15) is 13.2 Å². The molecule has 3 N–H and O–H groups in total. The van der Waals surface area contributed by atoms with E-state index in [1.54, 1.807) is 25.3 Å². The fraction of sp³-hybridized carbons (Fsp3) is 0.222. The summed E-state index contributed by atoms with van der Waals surface area (Å²) in [6.07, 6.45) is -4.02. The summed E-state index contributed by atoms with van der Waals surface area (Å²) in [6, 6.07) is 20.9. The van der Waals surface area contributed by atoms with E-state index in [2.05, 4.69) is 31.5 Å². The summed E-state index contributed by atoms with van der Waals surface area (Å²) >= 11 is 9.67. The highest BCUT2D eigenvalue weighted by molar-refractivity contribution is 9.10. The fourth-order valence-electron chi connectivity index (χ4n) is 6.08. The molecule has 258 valence electrons. The Balaban J connectivity index is 1.38. The predicted octanol–water partition coefficient (Wildman–Crippen LogP) is 7.02. The number of guanidine groups is 1. The van der Waals surface area contributed by atoms with E-state index in [0.29, 0.717) is 22.5 Å². The lowest BCUT2D eigenvalue weighted by molar-refractivity contribution is -0.138. The summed E-state index contributed by atoms with van der Waals surface area (Å²) in [5, 5.41) is 18.0. The van der Waals surface area contributed by atoms with E-state index in [1.807, 2.05) is 42.5 Å². The summed E-state index contributed by atoms with van der Waals surface area (Å²) in [7, 11) is 1.51. The highest BCUT2D eigenvalue weighted by Gasteiger charge is 2.41. The third-order valence-corrected chi connectivity index (χ3v) is 9.64. The molecule has 0 spiro atoms. The van der Waals surface area contributed by atoms with Crippen molar-refractivity contribution in [2.75, 3.05) is 18.5 Å². The minimum Gasteiger partial charge on any atom is -0.369 e. The first-order valence-electron chi connectivity index (χ1n) is 15.6. The predicted molar refractivity (Wildman–Crippen MR) is 189 cm³/mol. The lowest BCUT2D eigenvalue weighted by atomic mass is 9.94. The Morgan fingerprint density at radius 3 is 2.52 bits per heavy atom. The van der Waals surface area contributed by atoms with Crippen molar-refractivity contribution >= 4 is 51.0 Å². The smallest absolute Gasteiger partial charge is 0.369 e. The number of benzene rings is 3. The van der Waals surface area contributed by atoms with Gasteiger partial charge < -0.3 is 20.6 Å². The van der Waals surface area contributed by atoms with Gasteiger partial charge in [0, 0.05) is 51.7 Å². The first kappa shape index (κ1) is 35.1. The molecule has 4 aromatic rings. The van der Waals surface area contributed by atoms with Crippen molar-refractivity contribution in [1.82, 2.24) is 20.5 Å². The Hall–Kier alpha value is -4.72. The van der Waals surface area contributed by atoms with Crippen molar-refractivity contribution < 1.29 is 27.9 Å². The third-order valence-electron chi connectivity index (χ3n) is 8.64. The molecule has 9 nitrogen and oxygen atoms in total. The van der Waals surface area contributed by atoms with Gasteiger partial charge in [0.15, 0.2) is 6.23 Å². The number of hydrogen-bond acceptors (Lipinski definition) is 5. The molecule has 2 atom stereocenters. The zero-order chi connectivity index (χ0) is 35.7. The lowest BCUT2D eigenvalue weighted by Gasteiger charge is -2.45. The van der Waals surface area contributed by atoms with Gasteiger partial charge in [-0.1, -0.05) is 57.9 Å². The second kappa shape index (κ2) is 14.3. The average molecular weight is 768 g/mol. The van der Waals surface area contributed by atoms with Crippen LogP contribution < -0.4 is 15.5 Å². The van der Waals surface area contributed by atoms with Gasteiger partial charge >= 0.3 is 6.18 Å². The Kier molecular flexibility index (Phi) is 10.0. The summed E-state index contributed by atoms with van der Waals surface area (Å²) in [5.74, 6) is -0.706. The number of nitrogens with zero attached hydrogens (tertiary/aromatic N) is 4. The first-order chi connectivity index (χ1) is 23.9. The van der Waals surface area contributed by atoms with Crippen LogP contribution in [0.2, 0.25) is 5.02 Å². The molecule has 0 saturated carbocycles. The number of aliphatic hydroxyl groups is 1. The van der Waals surface area contributed by atoms with E-state index < -0.39 is 29.9 Å². The van der Waals surface area contributed by atoms with E-state index in [9.17, 15) is 27.9 Å². The second-order valence-electron chi connectivity index (χ2n) is 11.8. The summed E-state index contributed by atoms with van der Waals surface area (Å²) in [6.45, 7) is 1.91. The van der Waals surface area contributed by atoms with Crippen LogP contribution in [-0.4, -0.2) is 58.6 Å². The number of aromatic nitrogens is 1. The Labute approximate surface area is 299 Å². The molecule has 50 heavy (non-hydrogen) atoms. The van der Waals surface area contributed by atoms with Gasteiger partial charge in [-0.15, -0.1) is 0 Å². The molecule has 0 aliphatic carbocycles. The van der Waals surface area contributed by atoms with Crippen molar-refractivity contribution in [3.63, 3.8) is 0 Å². The van der Waals surface area contributed by atoms with Crippen LogP contribution in [0.1, 0.15) is 45.2 Å². The van der Waals surface area contributed by atoms with Gasteiger partial charge in [-0.3, -0.25) is 19.5 Å². The van der Waals surface area contributed by atoms with Gasteiger partial charge in [0.2, 0.25) is 5.96 Å². The number of amides is 2. The molecule has 1 unspecified atom stereocenters. The topological polar surface area (TPSA) is 110 Å². The maximum absolute atomic E-state index is 13.7. The van der Waals surface area contributed by atoms with Crippen LogP contribution in [0, 0.1) is 0 Å². The number of carbonyl (C=O) groups excluding carboxylic acids is 2. The number of pyridine rings is 1. The van der Waals surface area contributed by atoms with E-state index in [4.69, 9.17) is 16.6 Å². The zero-order valence-corrected chi connectivity index (χ0v) is 29.1. The molecule has 2 amide bonds. The summed E-state index contributed by atoms with van der Waals surface area (Å²) in [5.41, 5.74) is 3.16. The highest BCUT2D eigenvalue weighted by atomic mass is 79.9. The molecule has 2 aliphatic rings. The van der Waals surface area contributed by atoms with Crippen LogP contribution in [-0.2, 0) is 12.7 Å². The molecular formula is C36H31BrClF3N6O3.